The summed E-state index contributed by atoms with van der Waals surface area (Å²) in [6.07, 6.45) is 3.70. The van der Waals surface area contributed by atoms with E-state index in [1.165, 1.54) is 30.4 Å². The van der Waals surface area contributed by atoms with Crippen LogP contribution in [0.2, 0.25) is 0 Å². The Hall–Kier alpha value is -1.48. The van der Waals surface area contributed by atoms with Gasteiger partial charge in [-0.2, -0.15) is 0 Å². The van der Waals surface area contributed by atoms with Gasteiger partial charge in [-0.3, -0.25) is 0 Å². The van der Waals surface area contributed by atoms with E-state index >= 15 is 0 Å². The number of nitrogens with one attached hydrogen (secondary N) is 1. The van der Waals surface area contributed by atoms with Crippen molar-refractivity contribution in [1.29, 1.82) is 0 Å². The summed E-state index contributed by atoms with van der Waals surface area (Å²) in [5.41, 5.74) is 4.07. The SMILES string of the molecule is Brc1ccc(NCCOc2ccc3c(c2)CCC3)cc1. The number of halogens is 1. The van der Waals surface area contributed by atoms with Crippen LogP contribution in [0.25, 0.3) is 0 Å². The molecule has 0 atom stereocenters. The molecule has 3 rings (SSSR count). The monoisotopic (exact) mass is 331 g/mol. The van der Waals surface area contributed by atoms with Crippen molar-refractivity contribution in [3.63, 3.8) is 0 Å². The summed E-state index contributed by atoms with van der Waals surface area (Å²) in [5.74, 6) is 0.989. The van der Waals surface area contributed by atoms with Gasteiger partial charge < -0.3 is 10.1 Å². The largest absolute Gasteiger partial charge is 0.492 e. The smallest absolute Gasteiger partial charge is 0.119 e. The molecule has 0 fully saturated rings. The third-order valence-electron chi connectivity index (χ3n) is 3.61. The van der Waals surface area contributed by atoms with E-state index < -0.39 is 0 Å². The Morgan fingerprint density at radius 2 is 1.80 bits per heavy atom. The minimum absolute atomic E-state index is 0.675. The van der Waals surface area contributed by atoms with Gasteiger partial charge in [0.05, 0.1) is 0 Å². The van der Waals surface area contributed by atoms with E-state index in [0.717, 1.165) is 22.5 Å². The highest BCUT2D eigenvalue weighted by Gasteiger charge is 2.10. The summed E-state index contributed by atoms with van der Waals surface area (Å²) in [7, 11) is 0. The minimum atomic E-state index is 0.675. The summed E-state index contributed by atoms with van der Waals surface area (Å²) in [6, 6.07) is 14.7. The number of fused-ring (bicyclic) bond motifs is 1. The highest BCUT2D eigenvalue weighted by Crippen LogP contribution is 2.25. The predicted molar refractivity (Wildman–Crippen MR) is 86.6 cm³/mol. The molecule has 0 aliphatic heterocycles. The van der Waals surface area contributed by atoms with Crippen LogP contribution in [0, 0.1) is 0 Å². The van der Waals surface area contributed by atoms with Gasteiger partial charge in [-0.1, -0.05) is 22.0 Å². The fraction of sp³-hybridized carbons (Fsp3) is 0.294. The third kappa shape index (κ3) is 3.34. The summed E-state index contributed by atoms with van der Waals surface area (Å²) < 4.78 is 6.90. The van der Waals surface area contributed by atoms with Crippen molar-refractivity contribution in [3.05, 3.63) is 58.1 Å². The average Bonchev–Trinajstić information content (AvgIpc) is 2.93. The fourth-order valence-corrected chi connectivity index (χ4v) is 2.83. The van der Waals surface area contributed by atoms with Crippen LogP contribution in [0.5, 0.6) is 5.75 Å². The van der Waals surface area contributed by atoms with Gasteiger partial charge in [0.2, 0.25) is 0 Å². The Balaban J connectivity index is 1.47. The highest BCUT2D eigenvalue weighted by molar-refractivity contribution is 9.10. The lowest BCUT2D eigenvalue weighted by molar-refractivity contribution is 0.332. The molecule has 1 aliphatic carbocycles. The molecule has 0 saturated heterocycles. The summed E-state index contributed by atoms with van der Waals surface area (Å²) in [6.45, 7) is 1.48. The molecule has 2 aromatic rings. The van der Waals surface area contributed by atoms with Crippen molar-refractivity contribution in [1.82, 2.24) is 0 Å². The molecule has 0 saturated carbocycles. The second-order valence-corrected chi connectivity index (χ2v) is 5.98. The van der Waals surface area contributed by atoms with Gasteiger partial charge in [-0.15, -0.1) is 0 Å². The number of hydrogen-bond acceptors (Lipinski definition) is 2. The quantitative estimate of drug-likeness (QED) is 0.818. The zero-order valence-electron chi connectivity index (χ0n) is 11.4. The first-order valence-electron chi connectivity index (χ1n) is 7.05. The van der Waals surface area contributed by atoms with Crippen LogP contribution in [-0.2, 0) is 12.8 Å². The van der Waals surface area contributed by atoms with Crippen molar-refractivity contribution in [3.8, 4) is 5.75 Å². The molecule has 3 heteroatoms. The van der Waals surface area contributed by atoms with E-state index in [4.69, 9.17) is 4.74 Å². The highest BCUT2D eigenvalue weighted by atomic mass is 79.9. The molecule has 1 aliphatic rings. The van der Waals surface area contributed by atoms with Crippen molar-refractivity contribution in [2.45, 2.75) is 19.3 Å². The molecule has 2 nitrogen and oxygen atoms in total. The van der Waals surface area contributed by atoms with E-state index in [9.17, 15) is 0 Å². The van der Waals surface area contributed by atoms with Gasteiger partial charge in [-0.25, -0.2) is 0 Å². The first kappa shape index (κ1) is 13.5. The standard InChI is InChI=1S/C17H18BrNO/c18-15-5-7-16(8-6-15)19-10-11-20-17-9-4-13-2-1-3-14(13)12-17/h4-9,12,19H,1-3,10-11H2. The van der Waals surface area contributed by atoms with Crippen LogP contribution in [0.1, 0.15) is 17.5 Å². The number of anilines is 1. The van der Waals surface area contributed by atoms with Crippen LogP contribution in [0.3, 0.4) is 0 Å². The van der Waals surface area contributed by atoms with Crippen LogP contribution in [0.4, 0.5) is 5.69 Å². The zero-order chi connectivity index (χ0) is 13.8. The second-order valence-electron chi connectivity index (χ2n) is 5.07. The van der Waals surface area contributed by atoms with Crippen LogP contribution >= 0.6 is 15.9 Å². The topological polar surface area (TPSA) is 21.3 Å². The van der Waals surface area contributed by atoms with Gasteiger partial charge in [0, 0.05) is 16.7 Å². The van der Waals surface area contributed by atoms with E-state index in [-0.39, 0.29) is 0 Å². The number of hydrogen-bond donors (Lipinski definition) is 1. The lowest BCUT2D eigenvalue weighted by atomic mass is 10.1. The lowest BCUT2D eigenvalue weighted by Gasteiger charge is -2.10. The van der Waals surface area contributed by atoms with Crippen LogP contribution < -0.4 is 10.1 Å². The van der Waals surface area contributed by atoms with Crippen molar-refractivity contribution >= 4 is 21.6 Å². The molecule has 0 heterocycles. The fourth-order valence-electron chi connectivity index (χ4n) is 2.57. The van der Waals surface area contributed by atoms with Gasteiger partial charge in [0.1, 0.15) is 12.4 Å². The third-order valence-corrected chi connectivity index (χ3v) is 4.14. The molecule has 0 amide bonds. The molecule has 0 bridgehead atoms. The maximum Gasteiger partial charge on any atom is 0.119 e. The Kier molecular flexibility index (Phi) is 4.26. The first-order chi connectivity index (χ1) is 9.81. The van der Waals surface area contributed by atoms with Crippen LogP contribution in [0.15, 0.2) is 46.9 Å². The van der Waals surface area contributed by atoms with Crippen LogP contribution in [-0.4, -0.2) is 13.2 Å². The van der Waals surface area contributed by atoms with Gasteiger partial charge >= 0.3 is 0 Å². The summed E-state index contributed by atoms with van der Waals surface area (Å²) in [4.78, 5) is 0. The predicted octanol–water partition coefficient (Wildman–Crippen LogP) is 4.43. The van der Waals surface area contributed by atoms with Gasteiger partial charge in [-0.05, 0) is 66.8 Å². The molecule has 0 aromatic heterocycles. The number of benzene rings is 2. The molecule has 1 N–H and O–H groups in total. The molecule has 0 unspecified atom stereocenters. The first-order valence-corrected chi connectivity index (χ1v) is 7.84. The molecule has 0 radical (unpaired) electrons. The maximum absolute atomic E-state index is 5.80. The Morgan fingerprint density at radius 1 is 1.00 bits per heavy atom. The second kappa shape index (κ2) is 6.31. The minimum Gasteiger partial charge on any atom is -0.492 e. The van der Waals surface area contributed by atoms with Gasteiger partial charge in [0.15, 0.2) is 0 Å². The van der Waals surface area contributed by atoms with Gasteiger partial charge in [0.25, 0.3) is 0 Å². The number of rotatable bonds is 5. The normalized spacial score (nSPS) is 13.1. The average molecular weight is 332 g/mol. The molecular formula is C17H18BrNO. The van der Waals surface area contributed by atoms with Crippen molar-refractivity contribution in [2.75, 3.05) is 18.5 Å². The Bertz CT molecular complexity index is 580. The Labute approximate surface area is 128 Å². The van der Waals surface area contributed by atoms with Crippen molar-refractivity contribution in [2.24, 2.45) is 0 Å². The Morgan fingerprint density at radius 3 is 2.65 bits per heavy atom. The number of ether oxygens (including phenoxy) is 1. The van der Waals surface area contributed by atoms with E-state index in [2.05, 4.69) is 51.6 Å². The molecule has 104 valence electrons. The maximum atomic E-state index is 5.80. The zero-order valence-corrected chi connectivity index (χ0v) is 12.9. The molecule has 2 aromatic carbocycles. The summed E-state index contributed by atoms with van der Waals surface area (Å²) >= 11 is 3.43. The van der Waals surface area contributed by atoms with E-state index in [1.807, 2.05) is 12.1 Å². The summed E-state index contributed by atoms with van der Waals surface area (Å²) in [5, 5.41) is 3.35. The number of aryl methyl sites for hydroxylation is 2. The molecular weight excluding hydrogens is 314 g/mol. The molecule has 20 heavy (non-hydrogen) atoms. The van der Waals surface area contributed by atoms with Crippen molar-refractivity contribution < 1.29 is 4.74 Å². The van der Waals surface area contributed by atoms with E-state index in [0.29, 0.717) is 6.61 Å². The molecule has 0 spiro atoms. The van der Waals surface area contributed by atoms with E-state index in [1.54, 1.807) is 0 Å². The lowest BCUT2D eigenvalue weighted by Crippen LogP contribution is -2.11.